The Hall–Kier alpha value is -3.92. The van der Waals surface area contributed by atoms with Crippen molar-refractivity contribution in [3.63, 3.8) is 0 Å². The number of methoxy groups -OCH3 is 1. The minimum absolute atomic E-state index is 0.0618. The molecule has 3 amide bonds. The summed E-state index contributed by atoms with van der Waals surface area (Å²) in [5.74, 6) is 0.613. The van der Waals surface area contributed by atoms with Crippen LogP contribution < -0.4 is 16.0 Å². The number of anilines is 1. The molecule has 2 aromatic carbocycles. The molecule has 1 heterocycles. The van der Waals surface area contributed by atoms with Gasteiger partial charge >= 0.3 is 12.1 Å². The number of hydrogen-bond donors (Lipinski definition) is 3. The van der Waals surface area contributed by atoms with E-state index in [1.807, 2.05) is 48.7 Å². The van der Waals surface area contributed by atoms with Gasteiger partial charge in [0.25, 0.3) is 0 Å². The van der Waals surface area contributed by atoms with E-state index in [1.165, 1.54) is 6.07 Å². The fourth-order valence-electron chi connectivity index (χ4n) is 5.01. The summed E-state index contributed by atoms with van der Waals surface area (Å²) in [7, 11) is 1.63. The lowest BCUT2D eigenvalue weighted by Crippen LogP contribution is -2.38. The Balaban J connectivity index is 1.42. The van der Waals surface area contributed by atoms with Crippen molar-refractivity contribution < 1.29 is 23.5 Å². The minimum atomic E-state index is -0.456. The second-order valence-electron chi connectivity index (χ2n) is 10.3. The summed E-state index contributed by atoms with van der Waals surface area (Å²) in [6.07, 6.45) is 4.47. The SMILES string of the molecule is COCCn1c(-c2ccc(NC(=O)NCc3ccccc3)cc2F)cnc1C1CCC(NC(=O)OC(C)C)CC1. The van der Waals surface area contributed by atoms with Crippen molar-refractivity contribution in [3.05, 3.63) is 71.9 Å². The number of aromatic nitrogens is 2. The molecule has 0 atom stereocenters. The maximum absolute atomic E-state index is 15.4. The van der Waals surface area contributed by atoms with Crippen molar-refractivity contribution in [1.82, 2.24) is 20.2 Å². The topological polar surface area (TPSA) is 107 Å². The molecule has 0 aliphatic heterocycles. The number of hydrogen-bond acceptors (Lipinski definition) is 5. The third-order valence-electron chi connectivity index (χ3n) is 6.96. The average Bonchev–Trinajstić information content (AvgIpc) is 3.34. The number of amides is 3. The molecule has 1 saturated carbocycles. The predicted octanol–water partition coefficient (Wildman–Crippen LogP) is 5.82. The van der Waals surface area contributed by atoms with Crippen LogP contribution in [0.15, 0.2) is 54.7 Å². The summed E-state index contributed by atoms with van der Waals surface area (Å²) in [6.45, 7) is 5.00. The third kappa shape index (κ3) is 7.81. The van der Waals surface area contributed by atoms with E-state index in [2.05, 4.69) is 16.0 Å². The van der Waals surface area contributed by atoms with Crippen LogP contribution in [0.4, 0.5) is 19.7 Å². The molecule has 1 aromatic heterocycles. The van der Waals surface area contributed by atoms with Gasteiger partial charge in [-0.25, -0.2) is 19.0 Å². The standard InChI is InChI=1S/C30H38FN5O4/c1-20(2)40-30(38)35-23-11-9-22(10-12-23)28-32-19-27(36(28)15-16-39-3)25-14-13-24(17-26(25)31)34-29(37)33-18-21-7-5-4-6-8-21/h4-8,13-14,17,19-20,22-23H,9-12,15-16,18H2,1-3H3,(H,35,38)(H2,33,34,37). The summed E-state index contributed by atoms with van der Waals surface area (Å²) in [5.41, 5.74) is 2.39. The molecule has 3 N–H and O–H groups in total. The van der Waals surface area contributed by atoms with Crippen molar-refractivity contribution >= 4 is 17.8 Å². The second kappa shape index (κ2) is 13.9. The van der Waals surface area contributed by atoms with Crippen molar-refractivity contribution in [1.29, 1.82) is 0 Å². The number of nitrogens with one attached hydrogen (secondary N) is 3. The van der Waals surface area contributed by atoms with Gasteiger partial charge in [-0.05, 0) is 63.3 Å². The normalized spacial score (nSPS) is 16.9. The Labute approximate surface area is 234 Å². The van der Waals surface area contributed by atoms with E-state index in [0.29, 0.717) is 36.6 Å². The molecule has 4 rings (SSSR count). The van der Waals surface area contributed by atoms with E-state index in [0.717, 1.165) is 37.1 Å². The van der Waals surface area contributed by atoms with Crippen molar-refractivity contribution in [2.45, 2.75) is 70.7 Å². The Morgan fingerprint density at radius 3 is 2.52 bits per heavy atom. The van der Waals surface area contributed by atoms with Crippen LogP contribution in [0.25, 0.3) is 11.3 Å². The van der Waals surface area contributed by atoms with E-state index in [1.54, 1.807) is 25.4 Å². The summed E-state index contributed by atoms with van der Waals surface area (Å²) >= 11 is 0. The number of benzene rings is 2. The molecular weight excluding hydrogens is 513 g/mol. The van der Waals surface area contributed by atoms with E-state index >= 15 is 4.39 Å². The van der Waals surface area contributed by atoms with Gasteiger partial charge in [-0.3, -0.25) is 0 Å². The van der Waals surface area contributed by atoms with Gasteiger partial charge in [0, 0.05) is 43.4 Å². The molecule has 3 aromatic rings. The number of rotatable bonds is 10. The number of imidazole rings is 1. The first kappa shape index (κ1) is 29.1. The van der Waals surface area contributed by atoms with E-state index in [-0.39, 0.29) is 24.2 Å². The van der Waals surface area contributed by atoms with Gasteiger partial charge in [0.1, 0.15) is 11.6 Å². The average molecular weight is 552 g/mol. The zero-order valence-corrected chi connectivity index (χ0v) is 23.3. The molecule has 1 aliphatic carbocycles. The van der Waals surface area contributed by atoms with Gasteiger partial charge in [-0.1, -0.05) is 30.3 Å². The number of halogens is 1. The predicted molar refractivity (Wildman–Crippen MR) is 152 cm³/mol. The number of alkyl carbamates (subject to hydrolysis) is 1. The zero-order valence-electron chi connectivity index (χ0n) is 23.3. The van der Waals surface area contributed by atoms with Crippen LogP contribution >= 0.6 is 0 Å². The molecule has 1 aliphatic rings. The lowest BCUT2D eigenvalue weighted by Gasteiger charge is -2.29. The van der Waals surface area contributed by atoms with Gasteiger partial charge in [0.05, 0.1) is 24.6 Å². The second-order valence-corrected chi connectivity index (χ2v) is 10.3. The Morgan fingerprint density at radius 1 is 1.10 bits per heavy atom. The monoisotopic (exact) mass is 551 g/mol. The van der Waals surface area contributed by atoms with E-state index < -0.39 is 11.8 Å². The van der Waals surface area contributed by atoms with Gasteiger partial charge < -0.3 is 30.0 Å². The molecule has 10 heteroatoms. The van der Waals surface area contributed by atoms with Crippen LogP contribution in [0.3, 0.4) is 0 Å². The Kier molecular flexibility index (Phi) is 10.1. The molecule has 214 valence electrons. The van der Waals surface area contributed by atoms with Crippen molar-refractivity contribution in [2.75, 3.05) is 19.0 Å². The van der Waals surface area contributed by atoms with Crippen LogP contribution in [0, 0.1) is 5.82 Å². The van der Waals surface area contributed by atoms with Crippen LogP contribution in [0.1, 0.15) is 56.8 Å². The number of carbonyl (C=O) groups excluding carboxylic acids is 2. The first-order valence-electron chi connectivity index (χ1n) is 13.7. The highest BCUT2D eigenvalue weighted by molar-refractivity contribution is 5.89. The molecule has 0 radical (unpaired) electrons. The van der Waals surface area contributed by atoms with Gasteiger partial charge in [-0.15, -0.1) is 0 Å². The van der Waals surface area contributed by atoms with E-state index in [4.69, 9.17) is 14.5 Å². The first-order valence-corrected chi connectivity index (χ1v) is 13.7. The Bertz CT molecular complexity index is 1270. The first-order chi connectivity index (χ1) is 19.3. The molecular formula is C30H38FN5O4. The van der Waals surface area contributed by atoms with Crippen LogP contribution in [0.2, 0.25) is 0 Å². The lowest BCUT2D eigenvalue weighted by atomic mass is 9.85. The smallest absolute Gasteiger partial charge is 0.407 e. The quantitative estimate of drug-likeness (QED) is 0.295. The number of urea groups is 1. The Morgan fingerprint density at radius 2 is 1.85 bits per heavy atom. The summed E-state index contributed by atoms with van der Waals surface area (Å²) in [5, 5.41) is 8.42. The van der Waals surface area contributed by atoms with Gasteiger partial charge in [0.2, 0.25) is 0 Å². The fourth-order valence-corrected chi connectivity index (χ4v) is 5.01. The summed E-state index contributed by atoms with van der Waals surface area (Å²) in [4.78, 5) is 29.0. The minimum Gasteiger partial charge on any atom is -0.447 e. The third-order valence-corrected chi connectivity index (χ3v) is 6.96. The van der Waals surface area contributed by atoms with Crippen LogP contribution in [-0.2, 0) is 22.6 Å². The maximum Gasteiger partial charge on any atom is 0.407 e. The molecule has 0 bridgehead atoms. The maximum atomic E-state index is 15.4. The molecule has 0 unspecified atom stereocenters. The lowest BCUT2D eigenvalue weighted by molar-refractivity contribution is 0.109. The van der Waals surface area contributed by atoms with Crippen molar-refractivity contribution in [3.8, 4) is 11.3 Å². The molecule has 40 heavy (non-hydrogen) atoms. The van der Waals surface area contributed by atoms with Crippen LogP contribution in [0.5, 0.6) is 0 Å². The zero-order chi connectivity index (χ0) is 28.5. The molecule has 0 saturated heterocycles. The summed E-state index contributed by atoms with van der Waals surface area (Å²) < 4.78 is 27.9. The molecule has 1 fully saturated rings. The van der Waals surface area contributed by atoms with Gasteiger partial charge in [-0.2, -0.15) is 0 Å². The number of nitrogens with zero attached hydrogens (tertiary/aromatic N) is 2. The highest BCUT2D eigenvalue weighted by Crippen LogP contribution is 2.35. The number of ether oxygens (including phenoxy) is 2. The van der Waals surface area contributed by atoms with Crippen molar-refractivity contribution in [2.24, 2.45) is 0 Å². The highest BCUT2D eigenvalue weighted by Gasteiger charge is 2.28. The molecule has 0 spiro atoms. The van der Waals surface area contributed by atoms with Crippen LogP contribution in [-0.4, -0.2) is 47.5 Å². The van der Waals surface area contributed by atoms with E-state index in [9.17, 15) is 9.59 Å². The molecule has 9 nitrogen and oxygen atoms in total. The largest absolute Gasteiger partial charge is 0.447 e. The summed E-state index contributed by atoms with van der Waals surface area (Å²) in [6, 6.07) is 13.9. The highest BCUT2D eigenvalue weighted by atomic mass is 19.1. The van der Waals surface area contributed by atoms with Gasteiger partial charge in [0.15, 0.2) is 0 Å². The number of carbonyl (C=O) groups is 2. The fraction of sp³-hybridized carbons (Fsp3) is 0.433.